The van der Waals surface area contributed by atoms with Gasteiger partial charge in [0, 0.05) is 43.7 Å². The summed E-state index contributed by atoms with van der Waals surface area (Å²) in [5.74, 6) is 0.0458. The lowest BCUT2D eigenvalue weighted by atomic mass is 10.0. The fourth-order valence-electron chi connectivity index (χ4n) is 3.72. The van der Waals surface area contributed by atoms with Crippen LogP contribution >= 0.6 is 11.6 Å². The van der Waals surface area contributed by atoms with E-state index in [-0.39, 0.29) is 23.6 Å². The summed E-state index contributed by atoms with van der Waals surface area (Å²) >= 11 is 6.06. The summed E-state index contributed by atoms with van der Waals surface area (Å²) in [5, 5.41) is 7.16. The van der Waals surface area contributed by atoms with E-state index in [9.17, 15) is 4.79 Å². The maximum absolute atomic E-state index is 12.4. The van der Waals surface area contributed by atoms with Gasteiger partial charge in [-0.25, -0.2) is 0 Å². The molecule has 2 N–H and O–H groups in total. The number of halogens is 1. The van der Waals surface area contributed by atoms with Crippen molar-refractivity contribution in [1.82, 2.24) is 15.5 Å². The number of hydrogen-bond donors (Lipinski definition) is 2. The quantitative estimate of drug-likeness (QED) is 0.771. The summed E-state index contributed by atoms with van der Waals surface area (Å²) in [5.41, 5.74) is 0.951. The van der Waals surface area contributed by atoms with Gasteiger partial charge in [0.1, 0.15) is 0 Å². The largest absolute Gasteiger partial charge is 0.378 e. The molecule has 150 valence electrons. The van der Waals surface area contributed by atoms with Crippen LogP contribution in [-0.2, 0) is 14.3 Å². The van der Waals surface area contributed by atoms with Crippen molar-refractivity contribution in [2.75, 3.05) is 46.0 Å². The fraction of sp³-hybridized carbons (Fsp3) is 0.650. The molecule has 2 atom stereocenters. The van der Waals surface area contributed by atoms with Gasteiger partial charge in [-0.05, 0) is 31.5 Å². The molecule has 2 aliphatic rings. The average molecular weight is 396 g/mol. The maximum atomic E-state index is 12.4. The molecule has 0 radical (unpaired) electrons. The lowest BCUT2D eigenvalue weighted by molar-refractivity contribution is -0.123. The van der Waals surface area contributed by atoms with Crippen molar-refractivity contribution in [3.05, 3.63) is 34.9 Å². The van der Waals surface area contributed by atoms with Gasteiger partial charge >= 0.3 is 0 Å². The zero-order valence-corrected chi connectivity index (χ0v) is 16.9. The van der Waals surface area contributed by atoms with Crippen molar-refractivity contribution in [2.24, 2.45) is 0 Å². The number of carbonyl (C=O) groups excluding carboxylic acids is 1. The summed E-state index contributed by atoms with van der Waals surface area (Å²) in [7, 11) is 0. The van der Waals surface area contributed by atoms with Crippen LogP contribution in [0, 0.1) is 0 Å². The Balaban J connectivity index is 1.64. The third kappa shape index (κ3) is 6.16. The second-order valence-corrected chi connectivity index (χ2v) is 8.32. The maximum Gasteiger partial charge on any atom is 0.221 e. The molecular formula is C20H30ClN3O3. The van der Waals surface area contributed by atoms with E-state index in [0.29, 0.717) is 37.8 Å². The van der Waals surface area contributed by atoms with E-state index in [2.05, 4.69) is 29.4 Å². The first kappa shape index (κ1) is 20.6. The highest BCUT2D eigenvalue weighted by Crippen LogP contribution is 2.27. The van der Waals surface area contributed by atoms with Crippen molar-refractivity contribution in [3.63, 3.8) is 0 Å². The van der Waals surface area contributed by atoms with Crippen molar-refractivity contribution in [3.8, 4) is 0 Å². The number of amides is 1. The van der Waals surface area contributed by atoms with Crippen LogP contribution in [0.4, 0.5) is 0 Å². The van der Waals surface area contributed by atoms with Crippen molar-refractivity contribution in [2.45, 2.75) is 38.0 Å². The van der Waals surface area contributed by atoms with E-state index >= 15 is 0 Å². The number of hydrogen-bond acceptors (Lipinski definition) is 5. The summed E-state index contributed by atoms with van der Waals surface area (Å²) < 4.78 is 11.3. The Morgan fingerprint density at radius 3 is 2.81 bits per heavy atom. The molecule has 3 rings (SSSR count). The van der Waals surface area contributed by atoms with Crippen LogP contribution in [0.2, 0.25) is 5.02 Å². The molecule has 1 amide bonds. The predicted molar refractivity (Wildman–Crippen MR) is 106 cm³/mol. The van der Waals surface area contributed by atoms with E-state index in [1.807, 2.05) is 24.3 Å². The van der Waals surface area contributed by atoms with Gasteiger partial charge in [-0.15, -0.1) is 0 Å². The number of benzene rings is 1. The Bertz CT molecular complexity index is 617. The molecule has 1 aromatic rings. The molecule has 2 heterocycles. The summed E-state index contributed by atoms with van der Waals surface area (Å²) in [4.78, 5) is 14.8. The molecule has 0 aromatic heterocycles. The van der Waals surface area contributed by atoms with Gasteiger partial charge in [0.25, 0.3) is 0 Å². The van der Waals surface area contributed by atoms with Gasteiger partial charge < -0.3 is 20.1 Å². The van der Waals surface area contributed by atoms with Gasteiger partial charge in [-0.1, -0.05) is 23.7 Å². The van der Waals surface area contributed by atoms with Gasteiger partial charge in [0.2, 0.25) is 5.91 Å². The Labute approximate surface area is 166 Å². The van der Waals surface area contributed by atoms with Crippen LogP contribution in [0.3, 0.4) is 0 Å². The van der Waals surface area contributed by atoms with E-state index < -0.39 is 0 Å². The molecule has 6 nitrogen and oxygen atoms in total. The number of ether oxygens (including phenoxy) is 2. The second kappa shape index (κ2) is 9.34. The van der Waals surface area contributed by atoms with Crippen LogP contribution < -0.4 is 10.6 Å². The third-order valence-electron chi connectivity index (χ3n) is 5.07. The zero-order chi connectivity index (χ0) is 19.3. The van der Waals surface area contributed by atoms with Crippen LogP contribution in [0.25, 0.3) is 0 Å². The lowest BCUT2D eigenvalue weighted by Gasteiger charge is -2.42. The van der Waals surface area contributed by atoms with E-state index in [0.717, 1.165) is 25.2 Å². The summed E-state index contributed by atoms with van der Waals surface area (Å²) in [6.45, 7) is 9.21. The van der Waals surface area contributed by atoms with Crippen LogP contribution in [0.1, 0.15) is 31.9 Å². The summed E-state index contributed by atoms with van der Waals surface area (Å²) in [6.07, 6.45) is 0.432. The highest BCUT2D eigenvalue weighted by atomic mass is 35.5. The molecule has 7 heteroatoms. The smallest absolute Gasteiger partial charge is 0.221 e. The van der Waals surface area contributed by atoms with Crippen molar-refractivity contribution < 1.29 is 14.3 Å². The minimum atomic E-state index is -0.198. The number of morpholine rings is 2. The number of carbonyl (C=O) groups is 1. The molecule has 0 bridgehead atoms. The first-order chi connectivity index (χ1) is 12.9. The highest BCUT2D eigenvalue weighted by Gasteiger charge is 2.32. The molecule has 27 heavy (non-hydrogen) atoms. The highest BCUT2D eigenvalue weighted by molar-refractivity contribution is 6.30. The Kier molecular flexibility index (Phi) is 7.11. The monoisotopic (exact) mass is 395 g/mol. The van der Waals surface area contributed by atoms with Gasteiger partial charge in [-0.3, -0.25) is 9.69 Å². The van der Waals surface area contributed by atoms with Crippen molar-refractivity contribution in [1.29, 1.82) is 0 Å². The van der Waals surface area contributed by atoms with Gasteiger partial charge in [-0.2, -0.15) is 0 Å². The third-order valence-corrected chi connectivity index (χ3v) is 5.33. The zero-order valence-electron chi connectivity index (χ0n) is 16.2. The van der Waals surface area contributed by atoms with E-state index in [1.54, 1.807) is 0 Å². The Morgan fingerprint density at radius 1 is 1.37 bits per heavy atom. The van der Waals surface area contributed by atoms with Crippen LogP contribution in [0.15, 0.2) is 24.3 Å². The molecule has 1 aromatic carbocycles. The topological polar surface area (TPSA) is 62.8 Å². The first-order valence-corrected chi connectivity index (χ1v) is 10.0. The number of rotatable bonds is 6. The second-order valence-electron chi connectivity index (χ2n) is 7.88. The van der Waals surface area contributed by atoms with Gasteiger partial charge in [0.05, 0.1) is 31.5 Å². The standard InChI is InChI=1S/C20H30ClN3O3/c1-20(2)14-24(8-10-27-20)18(15-3-5-16(21)6-4-15)12-23-19(25)11-17-13-26-9-7-22-17/h3-6,17-18,22H,7-14H2,1-2H3,(H,23,25). The first-order valence-electron chi connectivity index (χ1n) is 9.64. The van der Waals surface area contributed by atoms with Gasteiger partial charge in [0.15, 0.2) is 0 Å². The van der Waals surface area contributed by atoms with Crippen LogP contribution in [-0.4, -0.2) is 68.4 Å². The van der Waals surface area contributed by atoms with Crippen molar-refractivity contribution >= 4 is 17.5 Å². The molecule has 0 aliphatic carbocycles. The molecule has 0 spiro atoms. The summed E-state index contributed by atoms with van der Waals surface area (Å²) in [6, 6.07) is 8.07. The van der Waals surface area contributed by atoms with Crippen LogP contribution in [0.5, 0.6) is 0 Å². The predicted octanol–water partition coefficient (Wildman–Crippen LogP) is 1.99. The Morgan fingerprint density at radius 2 is 2.15 bits per heavy atom. The molecule has 0 saturated carbocycles. The number of nitrogens with zero attached hydrogens (tertiary/aromatic N) is 1. The fourth-order valence-corrected chi connectivity index (χ4v) is 3.85. The average Bonchev–Trinajstić information content (AvgIpc) is 2.63. The molecule has 2 aliphatic heterocycles. The SMILES string of the molecule is CC1(C)CN(C(CNC(=O)CC2COCCN2)c2ccc(Cl)cc2)CCO1. The molecule has 2 fully saturated rings. The number of nitrogens with one attached hydrogen (secondary N) is 2. The molecule has 2 saturated heterocycles. The Hall–Kier alpha value is -1.18. The minimum Gasteiger partial charge on any atom is -0.378 e. The van der Waals surface area contributed by atoms with E-state index in [4.69, 9.17) is 21.1 Å². The minimum absolute atomic E-state index is 0.0458. The normalized spacial score (nSPS) is 24.3. The lowest BCUT2D eigenvalue weighted by Crippen LogP contribution is -2.51. The van der Waals surface area contributed by atoms with E-state index in [1.165, 1.54) is 0 Å². The molecule has 2 unspecified atom stereocenters. The molecular weight excluding hydrogens is 366 g/mol.